The molecule has 39 heavy (non-hydrogen) atoms. The average Bonchev–Trinajstić information content (AvgIpc) is 3.22. The largest absolute Gasteiger partial charge is 0.494 e. The van der Waals surface area contributed by atoms with E-state index in [0.29, 0.717) is 11.1 Å². The third-order valence-electron chi connectivity index (χ3n) is 6.36. The summed E-state index contributed by atoms with van der Waals surface area (Å²) in [6, 6.07) is 7.49. The van der Waals surface area contributed by atoms with E-state index in [0.717, 1.165) is 40.8 Å². The quantitative estimate of drug-likeness (QED) is 0.429. The zero-order chi connectivity index (χ0) is 28.6. The molecule has 2 aromatic heterocycles. The number of carbonyl (C=O) groups excluding carboxylic acids is 1. The van der Waals surface area contributed by atoms with E-state index in [-0.39, 0.29) is 22.9 Å². The fraction of sp³-hybridized carbons (Fsp3) is 0.320. The van der Waals surface area contributed by atoms with E-state index in [9.17, 15) is 35.2 Å². The zero-order valence-corrected chi connectivity index (χ0v) is 21.5. The van der Waals surface area contributed by atoms with E-state index in [1.807, 2.05) is 0 Å². The van der Waals surface area contributed by atoms with Crippen LogP contribution in [0.4, 0.5) is 22.0 Å². The molecule has 0 radical (unpaired) electrons. The van der Waals surface area contributed by atoms with Crippen LogP contribution in [0, 0.1) is 5.82 Å². The Hall–Kier alpha value is -3.65. The molecule has 2 atom stereocenters. The maximum Gasteiger partial charge on any atom is 0.433 e. The maximum atomic E-state index is 14.5. The normalized spacial score (nSPS) is 20.1. The highest BCUT2D eigenvalue weighted by Crippen LogP contribution is 2.37. The lowest BCUT2D eigenvalue weighted by Gasteiger charge is -2.32. The van der Waals surface area contributed by atoms with E-state index in [4.69, 9.17) is 4.74 Å². The first-order valence-corrected chi connectivity index (χ1v) is 13.0. The molecule has 0 spiro atoms. The standard InChI is InChI=1S/C25H23F5N4O4S/c1-24(10-17(27)14-34(24)39(36,37)19-6-4-16(26)5-7-19)23(35)33-12-18-9-20(21(38-2)13-31-18)15-3-8-22(32-11-15)25(28,29)30/h3-9,11,13,17H,10,12,14H2,1-2H3,(H,33,35)/t17-,24-/m1/s1. The SMILES string of the molecule is COc1cnc(CNC(=O)[C@@]2(C)C[C@@H](F)CN2S(=O)(=O)c2ccc(F)cc2)cc1-c1ccc(C(F)(F)F)nc1. The molecular weight excluding hydrogens is 547 g/mol. The van der Waals surface area contributed by atoms with Crippen LogP contribution in [-0.4, -0.2) is 54.0 Å². The van der Waals surface area contributed by atoms with Gasteiger partial charge < -0.3 is 10.1 Å². The second-order valence-corrected chi connectivity index (χ2v) is 10.9. The number of alkyl halides is 4. The van der Waals surface area contributed by atoms with Crippen LogP contribution in [0.3, 0.4) is 0 Å². The summed E-state index contributed by atoms with van der Waals surface area (Å²) in [5.74, 6) is -1.20. The first kappa shape index (κ1) is 28.4. The number of ether oxygens (including phenoxy) is 1. The molecule has 14 heteroatoms. The summed E-state index contributed by atoms with van der Waals surface area (Å²) in [7, 11) is -2.99. The van der Waals surface area contributed by atoms with Gasteiger partial charge in [-0.1, -0.05) is 6.07 Å². The van der Waals surface area contributed by atoms with Crippen molar-refractivity contribution < 1.29 is 39.9 Å². The van der Waals surface area contributed by atoms with Gasteiger partial charge >= 0.3 is 6.18 Å². The van der Waals surface area contributed by atoms with Crippen LogP contribution in [0.25, 0.3) is 11.1 Å². The highest BCUT2D eigenvalue weighted by atomic mass is 32.2. The Morgan fingerprint density at radius 1 is 1.15 bits per heavy atom. The monoisotopic (exact) mass is 570 g/mol. The van der Waals surface area contributed by atoms with Crippen molar-refractivity contribution in [3.8, 4) is 16.9 Å². The van der Waals surface area contributed by atoms with Gasteiger partial charge in [-0.2, -0.15) is 17.5 Å². The summed E-state index contributed by atoms with van der Waals surface area (Å²) < 4.78 is 98.9. The minimum absolute atomic E-state index is 0.207. The van der Waals surface area contributed by atoms with Gasteiger partial charge in [-0.05, 0) is 43.3 Å². The first-order chi connectivity index (χ1) is 18.3. The van der Waals surface area contributed by atoms with Gasteiger partial charge in [0, 0.05) is 30.3 Å². The summed E-state index contributed by atoms with van der Waals surface area (Å²) in [6.07, 6.45) is -4.29. The second-order valence-electron chi connectivity index (χ2n) is 9.05. The first-order valence-electron chi connectivity index (χ1n) is 11.5. The summed E-state index contributed by atoms with van der Waals surface area (Å²) in [6.45, 7) is 0.528. The Labute approximate surface area is 220 Å². The van der Waals surface area contributed by atoms with Crippen molar-refractivity contribution in [2.24, 2.45) is 0 Å². The van der Waals surface area contributed by atoms with E-state index >= 15 is 0 Å². The fourth-order valence-electron chi connectivity index (χ4n) is 4.34. The average molecular weight is 571 g/mol. The van der Waals surface area contributed by atoms with Crippen LogP contribution in [0.5, 0.6) is 5.75 Å². The van der Waals surface area contributed by atoms with Crippen molar-refractivity contribution >= 4 is 15.9 Å². The van der Waals surface area contributed by atoms with Gasteiger partial charge in [0.2, 0.25) is 15.9 Å². The number of carbonyl (C=O) groups is 1. The molecule has 4 rings (SSSR count). The lowest BCUT2D eigenvalue weighted by Crippen LogP contribution is -2.55. The number of rotatable bonds is 7. The predicted molar refractivity (Wildman–Crippen MR) is 129 cm³/mol. The molecule has 1 saturated heterocycles. The molecule has 3 heterocycles. The molecule has 1 aromatic carbocycles. The number of halogens is 5. The third kappa shape index (κ3) is 5.71. The maximum absolute atomic E-state index is 14.5. The number of amides is 1. The van der Waals surface area contributed by atoms with Gasteiger partial charge in [0.25, 0.3) is 0 Å². The highest BCUT2D eigenvalue weighted by molar-refractivity contribution is 7.89. The van der Waals surface area contributed by atoms with Gasteiger partial charge in [-0.3, -0.25) is 14.8 Å². The van der Waals surface area contributed by atoms with Crippen LogP contribution < -0.4 is 10.1 Å². The second kappa shape index (κ2) is 10.5. The fourth-order valence-corrected chi connectivity index (χ4v) is 6.12. The number of sulfonamides is 1. The Kier molecular flexibility index (Phi) is 7.63. The minimum atomic E-state index is -4.61. The molecule has 1 amide bonds. The Balaban J connectivity index is 1.56. The minimum Gasteiger partial charge on any atom is -0.494 e. The van der Waals surface area contributed by atoms with Gasteiger partial charge in [-0.15, -0.1) is 0 Å². The van der Waals surface area contributed by atoms with E-state index in [1.54, 1.807) is 0 Å². The summed E-state index contributed by atoms with van der Waals surface area (Å²) >= 11 is 0. The number of pyridine rings is 2. The number of nitrogens with one attached hydrogen (secondary N) is 1. The lowest BCUT2D eigenvalue weighted by atomic mass is 9.98. The molecule has 0 saturated carbocycles. The van der Waals surface area contributed by atoms with E-state index in [1.165, 1.54) is 32.4 Å². The van der Waals surface area contributed by atoms with E-state index < -0.39 is 58.3 Å². The summed E-state index contributed by atoms with van der Waals surface area (Å²) in [5.41, 5.74) is -1.93. The molecule has 1 fully saturated rings. The molecule has 0 aliphatic carbocycles. The molecule has 1 aliphatic rings. The zero-order valence-electron chi connectivity index (χ0n) is 20.7. The van der Waals surface area contributed by atoms with Crippen LogP contribution in [0.15, 0.2) is 59.8 Å². The van der Waals surface area contributed by atoms with Gasteiger partial charge in [0.1, 0.15) is 29.0 Å². The molecule has 3 aromatic rings. The van der Waals surface area contributed by atoms with Crippen LogP contribution in [0.2, 0.25) is 0 Å². The third-order valence-corrected chi connectivity index (χ3v) is 8.36. The van der Waals surface area contributed by atoms with Crippen molar-refractivity contribution in [1.82, 2.24) is 19.6 Å². The number of aromatic nitrogens is 2. The number of benzene rings is 1. The number of methoxy groups -OCH3 is 1. The summed E-state index contributed by atoms with van der Waals surface area (Å²) in [5, 5.41) is 2.57. The Bertz CT molecular complexity index is 1470. The van der Waals surface area contributed by atoms with Crippen LogP contribution in [-0.2, 0) is 27.5 Å². The lowest BCUT2D eigenvalue weighted by molar-refractivity contribution is -0.141. The van der Waals surface area contributed by atoms with Crippen molar-refractivity contribution in [3.05, 3.63) is 72.1 Å². The predicted octanol–water partition coefficient (Wildman–Crippen LogP) is 4.12. The molecular formula is C25H23F5N4O4S. The number of hydrogen-bond acceptors (Lipinski definition) is 6. The highest BCUT2D eigenvalue weighted by Gasteiger charge is 2.53. The molecule has 8 nitrogen and oxygen atoms in total. The molecule has 208 valence electrons. The van der Waals surface area contributed by atoms with Crippen molar-refractivity contribution in [2.75, 3.05) is 13.7 Å². The number of nitrogens with zero attached hydrogens (tertiary/aromatic N) is 3. The van der Waals surface area contributed by atoms with Crippen LogP contribution >= 0.6 is 0 Å². The molecule has 0 bridgehead atoms. The topological polar surface area (TPSA) is 101 Å². The Morgan fingerprint density at radius 3 is 2.44 bits per heavy atom. The smallest absolute Gasteiger partial charge is 0.433 e. The Morgan fingerprint density at radius 2 is 1.85 bits per heavy atom. The van der Waals surface area contributed by atoms with Crippen molar-refractivity contribution in [1.29, 1.82) is 0 Å². The van der Waals surface area contributed by atoms with Crippen molar-refractivity contribution in [2.45, 2.75) is 42.7 Å². The van der Waals surface area contributed by atoms with Gasteiger partial charge in [0.15, 0.2) is 0 Å². The molecule has 0 unspecified atom stereocenters. The molecule has 1 N–H and O–H groups in total. The molecule has 1 aliphatic heterocycles. The van der Waals surface area contributed by atoms with Crippen LogP contribution in [0.1, 0.15) is 24.7 Å². The van der Waals surface area contributed by atoms with Gasteiger partial charge in [0.05, 0.1) is 30.4 Å². The van der Waals surface area contributed by atoms with E-state index in [2.05, 4.69) is 15.3 Å². The van der Waals surface area contributed by atoms with Crippen molar-refractivity contribution in [3.63, 3.8) is 0 Å². The van der Waals surface area contributed by atoms with Gasteiger partial charge in [-0.25, -0.2) is 17.2 Å². The summed E-state index contributed by atoms with van der Waals surface area (Å²) in [4.78, 5) is 20.6. The number of hydrogen-bond donors (Lipinski definition) is 1.